The summed E-state index contributed by atoms with van der Waals surface area (Å²) in [4.78, 5) is 27.5. The molecule has 5 nitrogen and oxygen atoms in total. The molecule has 2 rings (SSSR count). The van der Waals surface area contributed by atoms with Crippen LogP contribution in [-0.2, 0) is 4.79 Å². The monoisotopic (exact) mass is 318 g/mol. The number of nitrogens with one attached hydrogen (secondary N) is 1. The molecule has 23 heavy (non-hydrogen) atoms. The molecule has 0 saturated heterocycles. The molecule has 1 saturated carbocycles. The van der Waals surface area contributed by atoms with Gasteiger partial charge in [0.15, 0.2) is 0 Å². The topological polar surface area (TPSA) is 79.3 Å². The second-order valence-corrected chi connectivity index (χ2v) is 6.51. The van der Waals surface area contributed by atoms with Gasteiger partial charge in [-0.25, -0.2) is 0 Å². The number of nitrogens with zero attached hydrogens (tertiary/aromatic N) is 1. The lowest BCUT2D eigenvalue weighted by molar-refractivity contribution is -0.137. The van der Waals surface area contributed by atoms with Gasteiger partial charge >= 0.3 is 5.97 Å². The summed E-state index contributed by atoms with van der Waals surface area (Å²) < 4.78 is 0. The van der Waals surface area contributed by atoms with E-state index in [0.717, 1.165) is 12.0 Å². The Morgan fingerprint density at radius 1 is 1.35 bits per heavy atom. The first-order chi connectivity index (χ1) is 11.1. The molecule has 1 heterocycles. The third kappa shape index (κ3) is 5.66. The maximum Gasteiger partial charge on any atom is 0.303 e. The lowest BCUT2D eigenvalue weighted by atomic mass is 9.84. The molecule has 0 radical (unpaired) electrons. The van der Waals surface area contributed by atoms with E-state index in [9.17, 15) is 9.59 Å². The number of hydrogen-bond donors (Lipinski definition) is 2. The van der Waals surface area contributed by atoms with Gasteiger partial charge in [0, 0.05) is 18.7 Å². The first-order valence-corrected chi connectivity index (χ1v) is 8.50. The molecule has 1 aromatic rings. The zero-order valence-electron chi connectivity index (χ0n) is 13.8. The van der Waals surface area contributed by atoms with Crippen molar-refractivity contribution in [3.63, 3.8) is 0 Å². The van der Waals surface area contributed by atoms with Gasteiger partial charge in [0.1, 0.15) is 5.69 Å². The third-order valence-electron chi connectivity index (χ3n) is 4.61. The molecule has 0 aromatic carbocycles. The van der Waals surface area contributed by atoms with Crippen molar-refractivity contribution < 1.29 is 14.7 Å². The molecular weight excluding hydrogens is 292 g/mol. The highest BCUT2D eigenvalue weighted by atomic mass is 16.4. The summed E-state index contributed by atoms with van der Waals surface area (Å²) in [5.74, 6) is -0.427. The summed E-state index contributed by atoms with van der Waals surface area (Å²) in [6.07, 6.45) is 9.16. The first-order valence-electron chi connectivity index (χ1n) is 8.50. The first kappa shape index (κ1) is 17.4. The molecule has 5 heteroatoms. The molecule has 0 aliphatic heterocycles. The fraction of sp³-hybridized carbons (Fsp3) is 0.611. The van der Waals surface area contributed by atoms with Crippen molar-refractivity contribution in [1.29, 1.82) is 0 Å². The van der Waals surface area contributed by atoms with Crippen LogP contribution >= 0.6 is 0 Å². The minimum absolute atomic E-state index is 0.0822. The Bertz CT molecular complexity index is 539. The van der Waals surface area contributed by atoms with Gasteiger partial charge in [-0.15, -0.1) is 0 Å². The molecular formula is C18H26N2O3. The van der Waals surface area contributed by atoms with Gasteiger partial charge < -0.3 is 10.4 Å². The Kier molecular flexibility index (Phi) is 6.56. The zero-order valence-corrected chi connectivity index (χ0v) is 13.8. The molecule has 1 unspecified atom stereocenters. The van der Waals surface area contributed by atoms with E-state index in [-0.39, 0.29) is 18.4 Å². The summed E-state index contributed by atoms with van der Waals surface area (Å²) in [5, 5.41) is 12.0. The number of pyridine rings is 1. The van der Waals surface area contributed by atoms with Gasteiger partial charge in [0.2, 0.25) is 0 Å². The maximum atomic E-state index is 12.4. The number of aryl methyl sites for hydroxylation is 1. The molecule has 0 bridgehead atoms. The predicted molar refractivity (Wildman–Crippen MR) is 88.3 cm³/mol. The fourth-order valence-corrected chi connectivity index (χ4v) is 3.35. The molecule has 0 spiro atoms. The average Bonchev–Trinajstić information content (AvgIpc) is 2.54. The smallest absolute Gasteiger partial charge is 0.303 e. The van der Waals surface area contributed by atoms with Crippen LogP contribution in [-0.4, -0.2) is 28.0 Å². The number of aromatic nitrogens is 1. The number of aliphatic carboxylic acids is 1. The number of amides is 1. The highest BCUT2D eigenvalue weighted by Crippen LogP contribution is 2.28. The van der Waals surface area contributed by atoms with Gasteiger partial charge in [0.25, 0.3) is 5.91 Å². The van der Waals surface area contributed by atoms with Crippen molar-refractivity contribution in [3.05, 3.63) is 29.6 Å². The van der Waals surface area contributed by atoms with Crippen LogP contribution in [0.3, 0.4) is 0 Å². The number of carboxylic acid groups (broad SMARTS) is 1. The van der Waals surface area contributed by atoms with Gasteiger partial charge in [-0.3, -0.25) is 14.6 Å². The molecule has 1 atom stereocenters. The molecule has 2 N–H and O–H groups in total. The third-order valence-corrected chi connectivity index (χ3v) is 4.61. The van der Waals surface area contributed by atoms with Crippen LogP contribution in [0.1, 0.15) is 67.4 Å². The van der Waals surface area contributed by atoms with Gasteiger partial charge in [-0.2, -0.15) is 0 Å². The second kappa shape index (κ2) is 8.65. The number of carboxylic acids is 1. The lowest BCUT2D eigenvalue weighted by Gasteiger charge is -2.27. The van der Waals surface area contributed by atoms with Crippen molar-refractivity contribution in [2.24, 2.45) is 5.92 Å². The Labute approximate surface area is 137 Å². The van der Waals surface area contributed by atoms with Crippen LogP contribution in [0.5, 0.6) is 0 Å². The van der Waals surface area contributed by atoms with Crippen LogP contribution in [0.25, 0.3) is 0 Å². The number of carbonyl (C=O) groups is 2. The van der Waals surface area contributed by atoms with Crippen LogP contribution in [0.4, 0.5) is 0 Å². The SMILES string of the molecule is Cc1cccnc1C(=O)NC(CCC(=O)O)CC1CCCCC1. The summed E-state index contributed by atoms with van der Waals surface area (Å²) in [5.41, 5.74) is 1.26. The molecule has 1 aliphatic rings. The van der Waals surface area contributed by atoms with E-state index in [4.69, 9.17) is 5.11 Å². The number of rotatable bonds is 7. The van der Waals surface area contributed by atoms with Crippen LogP contribution in [0.2, 0.25) is 0 Å². The maximum absolute atomic E-state index is 12.4. The van der Waals surface area contributed by atoms with Crippen molar-refractivity contribution in [3.8, 4) is 0 Å². The van der Waals surface area contributed by atoms with E-state index >= 15 is 0 Å². The number of hydrogen-bond acceptors (Lipinski definition) is 3. The zero-order chi connectivity index (χ0) is 16.7. The summed E-state index contributed by atoms with van der Waals surface area (Å²) in [7, 11) is 0. The highest BCUT2D eigenvalue weighted by molar-refractivity contribution is 5.93. The standard InChI is InChI=1S/C18H26N2O3/c1-13-6-5-11-19-17(13)18(23)20-15(9-10-16(21)22)12-14-7-3-2-4-8-14/h5-6,11,14-15H,2-4,7-10,12H2,1H3,(H,20,23)(H,21,22). The predicted octanol–water partition coefficient (Wildman–Crippen LogP) is 3.32. The quantitative estimate of drug-likeness (QED) is 0.808. The van der Waals surface area contributed by atoms with Crippen LogP contribution in [0.15, 0.2) is 18.3 Å². The van der Waals surface area contributed by atoms with E-state index in [2.05, 4.69) is 10.3 Å². The minimum atomic E-state index is -0.818. The molecule has 1 amide bonds. The van der Waals surface area contributed by atoms with E-state index in [1.807, 2.05) is 13.0 Å². The molecule has 126 valence electrons. The molecule has 1 aromatic heterocycles. The largest absolute Gasteiger partial charge is 0.481 e. The number of carbonyl (C=O) groups excluding carboxylic acids is 1. The lowest BCUT2D eigenvalue weighted by Crippen LogP contribution is -2.37. The van der Waals surface area contributed by atoms with E-state index in [1.165, 1.54) is 32.1 Å². The van der Waals surface area contributed by atoms with Crippen molar-refractivity contribution in [1.82, 2.24) is 10.3 Å². The van der Waals surface area contributed by atoms with E-state index < -0.39 is 5.97 Å². The Morgan fingerprint density at radius 3 is 2.74 bits per heavy atom. The Balaban J connectivity index is 1.99. The summed E-state index contributed by atoms with van der Waals surface area (Å²) >= 11 is 0. The molecule has 1 aliphatic carbocycles. The summed E-state index contributed by atoms with van der Waals surface area (Å²) in [6, 6.07) is 3.56. The summed E-state index contributed by atoms with van der Waals surface area (Å²) in [6.45, 7) is 1.86. The Hall–Kier alpha value is -1.91. The van der Waals surface area contributed by atoms with E-state index in [0.29, 0.717) is 18.0 Å². The van der Waals surface area contributed by atoms with E-state index in [1.54, 1.807) is 12.3 Å². The van der Waals surface area contributed by atoms with Crippen LogP contribution < -0.4 is 5.32 Å². The highest BCUT2D eigenvalue weighted by Gasteiger charge is 2.22. The van der Waals surface area contributed by atoms with Crippen molar-refractivity contribution >= 4 is 11.9 Å². The van der Waals surface area contributed by atoms with Gasteiger partial charge in [-0.1, -0.05) is 38.2 Å². The average molecular weight is 318 g/mol. The minimum Gasteiger partial charge on any atom is -0.481 e. The van der Waals surface area contributed by atoms with Crippen LogP contribution in [0, 0.1) is 12.8 Å². The normalized spacial score (nSPS) is 16.7. The second-order valence-electron chi connectivity index (χ2n) is 6.51. The van der Waals surface area contributed by atoms with Crippen molar-refractivity contribution in [2.75, 3.05) is 0 Å². The van der Waals surface area contributed by atoms with Crippen molar-refractivity contribution in [2.45, 2.75) is 64.3 Å². The van der Waals surface area contributed by atoms with Gasteiger partial charge in [-0.05, 0) is 37.3 Å². The Morgan fingerprint density at radius 2 is 2.09 bits per heavy atom. The van der Waals surface area contributed by atoms with Gasteiger partial charge in [0.05, 0.1) is 0 Å². The molecule has 1 fully saturated rings. The fourth-order valence-electron chi connectivity index (χ4n) is 3.35.